The van der Waals surface area contributed by atoms with Crippen molar-refractivity contribution in [3.63, 3.8) is 0 Å². The predicted octanol–water partition coefficient (Wildman–Crippen LogP) is 2.58. The molecule has 1 saturated heterocycles. The van der Waals surface area contributed by atoms with Crippen LogP contribution in [0.3, 0.4) is 0 Å². The average molecular weight is 211 g/mol. The number of ether oxygens (including phenoxy) is 1. The summed E-state index contributed by atoms with van der Waals surface area (Å²) < 4.78 is 5.78. The van der Waals surface area contributed by atoms with Gasteiger partial charge in [0.15, 0.2) is 0 Å². The normalized spacial score (nSPS) is 41.2. The van der Waals surface area contributed by atoms with Crippen LogP contribution < -0.4 is 5.32 Å². The van der Waals surface area contributed by atoms with E-state index >= 15 is 0 Å². The third kappa shape index (κ3) is 3.46. The summed E-state index contributed by atoms with van der Waals surface area (Å²) >= 11 is 0. The Morgan fingerprint density at radius 3 is 2.53 bits per heavy atom. The van der Waals surface area contributed by atoms with Crippen LogP contribution in [0.4, 0.5) is 0 Å². The highest BCUT2D eigenvalue weighted by molar-refractivity contribution is 4.77. The fourth-order valence-electron chi connectivity index (χ4n) is 2.99. The Labute approximate surface area is 93.8 Å². The molecule has 0 aromatic rings. The van der Waals surface area contributed by atoms with Crippen LogP contribution in [0, 0.1) is 11.8 Å². The fourth-order valence-corrected chi connectivity index (χ4v) is 2.99. The van der Waals surface area contributed by atoms with E-state index in [4.69, 9.17) is 4.74 Å². The molecule has 0 amide bonds. The van der Waals surface area contributed by atoms with Gasteiger partial charge in [-0.05, 0) is 51.0 Å². The first-order valence-corrected chi connectivity index (χ1v) is 6.60. The van der Waals surface area contributed by atoms with Crippen molar-refractivity contribution >= 4 is 0 Å². The third-order valence-electron chi connectivity index (χ3n) is 3.93. The lowest BCUT2D eigenvalue weighted by Gasteiger charge is -2.15. The second kappa shape index (κ2) is 5.31. The first kappa shape index (κ1) is 11.4. The fraction of sp³-hybridized carbons (Fsp3) is 1.00. The zero-order chi connectivity index (χ0) is 10.7. The van der Waals surface area contributed by atoms with Gasteiger partial charge >= 0.3 is 0 Å². The number of rotatable bonds is 4. The summed E-state index contributed by atoms with van der Waals surface area (Å²) in [6.45, 7) is 6.83. The summed E-state index contributed by atoms with van der Waals surface area (Å²) in [7, 11) is 0. The minimum atomic E-state index is 0.485. The van der Waals surface area contributed by atoms with Gasteiger partial charge in [-0.15, -0.1) is 0 Å². The molecular formula is C13H25NO. The molecule has 2 fully saturated rings. The van der Waals surface area contributed by atoms with Gasteiger partial charge in [0.25, 0.3) is 0 Å². The Balaban J connectivity index is 1.55. The van der Waals surface area contributed by atoms with Crippen LogP contribution in [0.15, 0.2) is 0 Å². The molecule has 1 aliphatic heterocycles. The van der Waals surface area contributed by atoms with Crippen molar-refractivity contribution < 1.29 is 4.74 Å². The maximum absolute atomic E-state index is 5.78. The Bertz CT molecular complexity index is 175. The second-order valence-corrected chi connectivity index (χ2v) is 5.59. The van der Waals surface area contributed by atoms with Gasteiger partial charge in [0.2, 0.25) is 0 Å². The largest absolute Gasteiger partial charge is 0.374 e. The molecule has 0 radical (unpaired) electrons. The SMILES string of the molecule is CC1CCC(CNCC2CCC(C)O2)C1. The van der Waals surface area contributed by atoms with Crippen molar-refractivity contribution in [1.82, 2.24) is 5.32 Å². The standard InChI is InChI=1S/C13H25NO/c1-10-3-5-12(7-10)8-14-9-13-6-4-11(2)15-13/h10-14H,3-9H2,1-2H3. The van der Waals surface area contributed by atoms with Crippen molar-refractivity contribution in [2.45, 2.75) is 58.2 Å². The summed E-state index contributed by atoms with van der Waals surface area (Å²) in [5, 5.41) is 3.59. The molecule has 1 saturated carbocycles. The Morgan fingerprint density at radius 2 is 1.93 bits per heavy atom. The molecule has 2 rings (SSSR count). The topological polar surface area (TPSA) is 21.3 Å². The van der Waals surface area contributed by atoms with Crippen LogP contribution in [-0.4, -0.2) is 25.3 Å². The molecule has 4 atom stereocenters. The number of nitrogens with one attached hydrogen (secondary N) is 1. The molecule has 0 spiro atoms. The summed E-state index contributed by atoms with van der Waals surface area (Å²) in [4.78, 5) is 0. The van der Waals surface area contributed by atoms with Crippen LogP contribution in [0.1, 0.15) is 46.0 Å². The van der Waals surface area contributed by atoms with E-state index in [-0.39, 0.29) is 0 Å². The Morgan fingerprint density at radius 1 is 1.07 bits per heavy atom. The van der Waals surface area contributed by atoms with Gasteiger partial charge in [-0.25, -0.2) is 0 Å². The van der Waals surface area contributed by atoms with Crippen molar-refractivity contribution in [1.29, 1.82) is 0 Å². The van der Waals surface area contributed by atoms with E-state index in [9.17, 15) is 0 Å². The van der Waals surface area contributed by atoms with Crippen LogP contribution in [-0.2, 0) is 4.74 Å². The smallest absolute Gasteiger partial charge is 0.0704 e. The van der Waals surface area contributed by atoms with E-state index in [1.165, 1.54) is 38.6 Å². The molecule has 2 aliphatic rings. The lowest BCUT2D eigenvalue weighted by molar-refractivity contribution is 0.0556. The minimum Gasteiger partial charge on any atom is -0.374 e. The summed E-state index contributed by atoms with van der Waals surface area (Å²) in [5.41, 5.74) is 0. The van der Waals surface area contributed by atoms with E-state index in [0.717, 1.165) is 18.4 Å². The van der Waals surface area contributed by atoms with Gasteiger partial charge in [-0.2, -0.15) is 0 Å². The van der Waals surface area contributed by atoms with Crippen LogP contribution in [0.2, 0.25) is 0 Å². The molecule has 0 aromatic carbocycles. The molecule has 88 valence electrons. The van der Waals surface area contributed by atoms with Gasteiger partial charge in [0.05, 0.1) is 12.2 Å². The van der Waals surface area contributed by atoms with E-state index in [1.807, 2.05) is 0 Å². The van der Waals surface area contributed by atoms with Gasteiger partial charge in [0.1, 0.15) is 0 Å². The van der Waals surface area contributed by atoms with E-state index in [0.29, 0.717) is 12.2 Å². The van der Waals surface area contributed by atoms with Gasteiger partial charge in [-0.3, -0.25) is 0 Å². The molecule has 1 aliphatic carbocycles. The predicted molar refractivity (Wildman–Crippen MR) is 62.9 cm³/mol. The first-order valence-electron chi connectivity index (χ1n) is 6.60. The highest BCUT2D eigenvalue weighted by Crippen LogP contribution is 2.29. The second-order valence-electron chi connectivity index (χ2n) is 5.59. The Kier molecular flexibility index (Phi) is 4.04. The summed E-state index contributed by atoms with van der Waals surface area (Å²) in [6, 6.07) is 0. The molecule has 1 N–H and O–H groups in total. The van der Waals surface area contributed by atoms with Crippen LogP contribution in [0.25, 0.3) is 0 Å². The number of hydrogen-bond acceptors (Lipinski definition) is 2. The minimum absolute atomic E-state index is 0.485. The maximum Gasteiger partial charge on any atom is 0.0704 e. The van der Waals surface area contributed by atoms with Gasteiger partial charge in [-0.1, -0.05) is 13.3 Å². The lowest BCUT2D eigenvalue weighted by Crippen LogP contribution is -2.30. The lowest BCUT2D eigenvalue weighted by atomic mass is 10.1. The molecule has 2 heteroatoms. The third-order valence-corrected chi connectivity index (χ3v) is 3.93. The molecule has 4 unspecified atom stereocenters. The molecule has 0 bridgehead atoms. The summed E-state index contributed by atoms with van der Waals surface area (Å²) in [5.74, 6) is 1.89. The van der Waals surface area contributed by atoms with Crippen molar-refractivity contribution in [2.75, 3.05) is 13.1 Å². The molecule has 1 heterocycles. The molecule has 15 heavy (non-hydrogen) atoms. The quantitative estimate of drug-likeness (QED) is 0.771. The van der Waals surface area contributed by atoms with E-state index in [1.54, 1.807) is 0 Å². The van der Waals surface area contributed by atoms with E-state index in [2.05, 4.69) is 19.2 Å². The summed E-state index contributed by atoms with van der Waals surface area (Å²) in [6.07, 6.45) is 7.75. The average Bonchev–Trinajstić information content (AvgIpc) is 2.76. The zero-order valence-electron chi connectivity index (χ0n) is 10.2. The van der Waals surface area contributed by atoms with Crippen molar-refractivity contribution in [3.05, 3.63) is 0 Å². The van der Waals surface area contributed by atoms with Gasteiger partial charge in [0, 0.05) is 6.54 Å². The number of hydrogen-bond donors (Lipinski definition) is 1. The zero-order valence-corrected chi connectivity index (χ0v) is 10.2. The van der Waals surface area contributed by atoms with Crippen LogP contribution >= 0.6 is 0 Å². The highest BCUT2D eigenvalue weighted by Gasteiger charge is 2.23. The highest BCUT2D eigenvalue weighted by atomic mass is 16.5. The van der Waals surface area contributed by atoms with Crippen LogP contribution in [0.5, 0.6) is 0 Å². The molecule has 0 aromatic heterocycles. The van der Waals surface area contributed by atoms with E-state index < -0.39 is 0 Å². The Hall–Kier alpha value is -0.0800. The first-order chi connectivity index (χ1) is 7.24. The molecular weight excluding hydrogens is 186 g/mol. The van der Waals surface area contributed by atoms with Gasteiger partial charge < -0.3 is 10.1 Å². The maximum atomic E-state index is 5.78. The van der Waals surface area contributed by atoms with Crippen molar-refractivity contribution in [3.8, 4) is 0 Å². The molecule has 2 nitrogen and oxygen atoms in total. The van der Waals surface area contributed by atoms with Crippen molar-refractivity contribution in [2.24, 2.45) is 11.8 Å². The monoisotopic (exact) mass is 211 g/mol.